The van der Waals surface area contributed by atoms with E-state index in [1.807, 2.05) is 20.8 Å². The summed E-state index contributed by atoms with van der Waals surface area (Å²) in [6.07, 6.45) is 1.69. The monoisotopic (exact) mass is 419 g/mol. The van der Waals surface area contributed by atoms with Crippen LogP contribution in [-0.2, 0) is 17.7 Å². The van der Waals surface area contributed by atoms with Gasteiger partial charge >= 0.3 is 6.09 Å². The number of aryl methyl sites for hydroxylation is 1. The quantitative estimate of drug-likeness (QED) is 0.633. The second-order valence-corrected chi connectivity index (χ2v) is 10.0. The third-order valence-electron chi connectivity index (χ3n) is 4.48. The third-order valence-corrected chi connectivity index (χ3v) is 4.48. The van der Waals surface area contributed by atoms with Crippen molar-refractivity contribution < 1.29 is 13.9 Å². The predicted octanol–water partition coefficient (Wildman–Crippen LogP) is 4.77. The number of halogens is 1. The molecule has 0 saturated carbocycles. The van der Waals surface area contributed by atoms with Gasteiger partial charge in [0.2, 0.25) is 0 Å². The standard InChI is InChI=1S/C23H34FN3O3/c1-22(2,3)15-27-19(25-18-14-16(24)11-12-17(18)20(27)28)10-8-9-13-26(7)21(29)30-23(4,5)6/h11-12,14H,8-10,13,15H2,1-7H3. The zero-order valence-electron chi connectivity index (χ0n) is 19.2. The fourth-order valence-electron chi connectivity index (χ4n) is 3.13. The fourth-order valence-corrected chi connectivity index (χ4v) is 3.13. The first-order valence-corrected chi connectivity index (χ1v) is 10.4. The molecule has 0 aliphatic carbocycles. The molecule has 1 aromatic carbocycles. The molecule has 2 rings (SSSR count). The highest BCUT2D eigenvalue weighted by molar-refractivity contribution is 5.77. The number of fused-ring (bicyclic) bond motifs is 1. The number of carbonyl (C=O) groups is 1. The van der Waals surface area contributed by atoms with Crippen molar-refractivity contribution >= 4 is 17.0 Å². The normalized spacial score (nSPS) is 12.3. The van der Waals surface area contributed by atoms with Crippen molar-refractivity contribution in [3.05, 3.63) is 40.2 Å². The van der Waals surface area contributed by atoms with Gasteiger partial charge in [0, 0.05) is 32.6 Å². The van der Waals surface area contributed by atoms with Crippen LogP contribution in [0, 0.1) is 11.2 Å². The van der Waals surface area contributed by atoms with Crippen molar-refractivity contribution in [1.29, 1.82) is 0 Å². The van der Waals surface area contributed by atoms with Gasteiger partial charge in [-0.1, -0.05) is 20.8 Å². The maximum absolute atomic E-state index is 13.7. The second-order valence-electron chi connectivity index (χ2n) is 10.0. The van der Waals surface area contributed by atoms with Crippen molar-refractivity contribution in [1.82, 2.24) is 14.5 Å². The first kappa shape index (κ1) is 23.8. The molecule has 0 aliphatic rings. The summed E-state index contributed by atoms with van der Waals surface area (Å²) in [5, 5.41) is 0.425. The number of hydrogen-bond acceptors (Lipinski definition) is 4. The fraction of sp³-hybridized carbons (Fsp3) is 0.609. The van der Waals surface area contributed by atoms with Crippen LogP contribution in [0.1, 0.15) is 60.2 Å². The van der Waals surface area contributed by atoms with E-state index in [9.17, 15) is 14.0 Å². The van der Waals surface area contributed by atoms with E-state index >= 15 is 0 Å². The van der Waals surface area contributed by atoms with Gasteiger partial charge in [-0.15, -0.1) is 0 Å². The number of aromatic nitrogens is 2. The molecule has 1 heterocycles. The lowest BCUT2D eigenvalue weighted by Crippen LogP contribution is -2.34. The lowest BCUT2D eigenvalue weighted by Gasteiger charge is -2.25. The Morgan fingerprint density at radius 2 is 1.83 bits per heavy atom. The van der Waals surface area contributed by atoms with Crippen LogP contribution in [0.2, 0.25) is 0 Å². The molecular weight excluding hydrogens is 385 g/mol. The van der Waals surface area contributed by atoms with Crippen molar-refractivity contribution in [2.24, 2.45) is 5.41 Å². The highest BCUT2D eigenvalue weighted by Gasteiger charge is 2.20. The summed E-state index contributed by atoms with van der Waals surface area (Å²) in [6, 6.07) is 4.09. The summed E-state index contributed by atoms with van der Waals surface area (Å²) in [5.41, 5.74) is -0.398. The topological polar surface area (TPSA) is 64.4 Å². The van der Waals surface area contributed by atoms with Crippen LogP contribution in [0.15, 0.2) is 23.0 Å². The Labute approximate surface area is 178 Å². The molecule has 166 valence electrons. The van der Waals surface area contributed by atoms with E-state index in [4.69, 9.17) is 4.74 Å². The molecule has 6 nitrogen and oxygen atoms in total. The van der Waals surface area contributed by atoms with Crippen molar-refractivity contribution in [2.75, 3.05) is 13.6 Å². The van der Waals surface area contributed by atoms with Crippen LogP contribution in [0.5, 0.6) is 0 Å². The zero-order valence-corrected chi connectivity index (χ0v) is 19.2. The van der Waals surface area contributed by atoms with E-state index < -0.39 is 11.4 Å². The second kappa shape index (κ2) is 9.14. The van der Waals surface area contributed by atoms with E-state index in [1.165, 1.54) is 18.2 Å². The molecule has 1 amide bonds. The van der Waals surface area contributed by atoms with E-state index in [-0.39, 0.29) is 17.1 Å². The molecule has 0 aliphatic heterocycles. The number of hydrogen-bond donors (Lipinski definition) is 0. The lowest BCUT2D eigenvalue weighted by atomic mass is 9.96. The van der Waals surface area contributed by atoms with E-state index in [0.29, 0.717) is 36.2 Å². The molecule has 0 fully saturated rings. The molecule has 0 saturated heterocycles. The Balaban J connectivity index is 2.15. The van der Waals surface area contributed by atoms with Gasteiger partial charge < -0.3 is 9.64 Å². The van der Waals surface area contributed by atoms with Gasteiger partial charge in [0.1, 0.15) is 17.2 Å². The van der Waals surface area contributed by atoms with Crippen LogP contribution in [-0.4, -0.2) is 39.7 Å². The molecule has 1 aromatic heterocycles. The average molecular weight is 420 g/mol. The number of carbonyl (C=O) groups excluding carboxylic acids is 1. The van der Waals surface area contributed by atoms with Crippen LogP contribution in [0.4, 0.5) is 9.18 Å². The summed E-state index contributed by atoms with van der Waals surface area (Å²) in [6.45, 7) is 12.8. The number of amides is 1. The van der Waals surface area contributed by atoms with Crippen molar-refractivity contribution in [3.63, 3.8) is 0 Å². The molecule has 0 unspecified atom stereocenters. The predicted molar refractivity (Wildman–Crippen MR) is 117 cm³/mol. The summed E-state index contributed by atoms with van der Waals surface area (Å²) >= 11 is 0. The van der Waals surface area contributed by atoms with Gasteiger partial charge in [0.05, 0.1) is 10.9 Å². The van der Waals surface area contributed by atoms with Gasteiger partial charge in [-0.2, -0.15) is 0 Å². The van der Waals surface area contributed by atoms with Crippen molar-refractivity contribution in [3.8, 4) is 0 Å². The molecule has 2 aromatic rings. The Kier molecular flexibility index (Phi) is 7.27. The third kappa shape index (κ3) is 6.82. The summed E-state index contributed by atoms with van der Waals surface area (Å²) in [4.78, 5) is 31.3. The number of ether oxygens (including phenoxy) is 1. The minimum Gasteiger partial charge on any atom is -0.444 e. The van der Waals surface area contributed by atoms with Crippen LogP contribution in [0.3, 0.4) is 0 Å². The Morgan fingerprint density at radius 1 is 1.17 bits per heavy atom. The van der Waals surface area contributed by atoms with E-state index in [2.05, 4.69) is 25.8 Å². The van der Waals surface area contributed by atoms with Crippen LogP contribution >= 0.6 is 0 Å². The molecule has 0 bridgehead atoms. The number of rotatable bonds is 6. The van der Waals surface area contributed by atoms with E-state index in [0.717, 1.165) is 12.8 Å². The minimum absolute atomic E-state index is 0.106. The minimum atomic E-state index is -0.529. The van der Waals surface area contributed by atoms with Gasteiger partial charge in [0.15, 0.2) is 0 Å². The largest absolute Gasteiger partial charge is 0.444 e. The van der Waals surface area contributed by atoms with Gasteiger partial charge in [0.25, 0.3) is 5.56 Å². The zero-order chi connectivity index (χ0) is 22.7. The smallest absolute Gasteiger partial charge is 0.410 e. The SMILES string of the molecule is CN(CCCCc1nc2cc(F)ccc2c(=O)n1CC(C)(C)C)C(=O)OC(C)(C)C. The Bertz CT molecular complexity index is 955. The first-order chi connectivity index (χ1) is 13.8. The molecule has 0 spiro atoms. The summed E-state index contributed by atoms with van der Waals surface area (Å²) < 4.78 is 20.7. The first-order valence-electron chi connectivity index (χ1n) is 10.4. The maximum atomic E-state index is 13.7. The Morgan fingerprint density at radius 3 is 2.43 bits per heavy atom. The van der Waals surface area contributed by atoms with Gasteiger partial charge in [-0.25, -0.2) is 14.2 Å². The summed E-state index contributed by atoms with van der Waals surface area (Å²) in [5.74, 6) is 0.237. The molecule has 0 radical (unpaired) electrons. The van der Waals surface area contributed by atoms with E-state index in [1.54, 1.807) is 16.5 Å². The molecule has 0 atom stereocenters. The molecular formula is C23H34FN3O3. The summed E-state index contributed by atoms with van der Waals surface area (Å²) in [7, 11) is 1.71. The van der Waals surface area contributed by atoms with Gasteiger partial charge in [-0.3, -0.25) is 9.36 Å². The Hall–Kier alpha value is -2.44. The van der Waals surface area contributed by atoms with Crippen LogP contribution in [0.25, 0.3) is 10.9 Å². The highest BCUT2D eigenvalue weighted by atomic mass is 19.1. The molecule has 0 N–H and O–H groups in total. The van der Waals surface area contributed by atoms with Crippen LogP contribution < -0.4 is 5.56 Å². The highest BCUT2D eigenvalue weighted by Crippen LogP contribution is 2.19. The maximum Gasteiger partial charge on any atom is 0.410 e. The van der Waals surface area contributed by atoms with Gasteiger partial charge in [-0.05, 0) is 51.2 Å². The average Bonchev–Trinajstić information content (AvgIpc) is 2.58. The van der Waals surface area contributed by atoms with Crippen molar-refractivity contribution in [2.45, 2.75) is 73.0 Å². The molecule has 30 heavy (non-hydrogen) atoms. The molecule has 7 heteroatoms. The lowest BCUT2D eigenvalue weighted by molar-refractivity contribution is 0.0296. The number of benzene rings is 1. The number of unbranched alkanes of at least 4 members (excludes halogenated alkanes) is 1. The number of nitrogens with zero attached hydrogens (tertiary/aromatic N) is 3.